The van der Waals surface area contributed by atoms with Gasteiger partial charge in [0.15, 0.2) is 11.7 Å². The van der Waals surface area contributed by atoms with Crippen LogP contribution in [0.25, 0.3) is 0 Å². The number of hydrogen-bond donors (Lipinski definition) is 0. The summed E-state index contributed by atoms with van der Waals surface area (Å²) in [5.41, 5.74) is -2.23. The highest BCUT2D eigenvalue weighted by Gasteiger charge is 2.63. The maximum atomic E-state index is 13.8. The van der Waals surface area contributed by atoms with Crippen LogP contribution in [0.2, 0.25) is 0 Å². The molecular formula is C27H36O7S2. The summed E-state index contributed by atoms with van der Waals surface area (Å²) in [7, 11) is 0. The molecule has 3 rings (SSSR count). The number of ether oxygens (including phenoxy) is 2. The topological polar surface area (TPSA) is 88.1 Å². The van der Waals surface area contributed by atoms with Gasteiger partial charge in [0, 0.05) is 5.41 Å². The van der Waals surface area contributed by atoms with Crippen LogP contribution < -0.4 is 0 Å². The third-order valence-electron chi connectivity index (χ3n) is 6.54. The zero-order chi connectivity index (χ0) is 26.4. The second-order valence-electron chi connectivity index (χ2n) is 10.1. The van der Waals surface area contributed by atoms with Crippen molar-refractivity contribution in [3.8, 4) is 0 Å². The van der Waals surface area contributed by atoms with Crippen molar-refractivity contribution in [2.75, 3.05) is 0 Å². The molecule has 1 fully saturated rings. The molecule has 2 aromatic rings. The number of Topliss-reactive ketones (excluding diaryl/α,β-unsaturated/α-hetero) is 2. The molecule has 0 saturated carbocycles. The molecule has 1 aliphatic heterocycles. The lowest BCUT2D eigenvalue weighted by atomic mass is 9.70. The first-order valence-corrected chi connectivity index (χ1v) is 14.3. The highest BCUT2D eigenvalue weighted by molar-refractivity contribution is 7.12. The number of ketones is 2. The van der Waals surface area contributed by atoms with Gasteiger partial charge in [0.2, 0.25) is 11.6 Å². The van der Waals surface area contributed by atoms with E-state index in [2.05, 4.69) is 6.92 Å². The maximum Gasteiger partial charge on any atom is 0.512 e. The number of rotatable bonds is 13. The van der Waals surface area contributed by atoms with Gasteiger partial charge in [0.05, 0.1) is 9.75 Å². The summed E-state index contributed by atoms with van der Waals surface area (Å²) in [4.78, 5) is 52.1. The van der Waals surface area contributed by atoms with E-state index in [1.54, 1.807) is 29.6 Å². The maximum absolute atomic E-state index is 13.8. The number of hydrogen-bond acceptors (Lipinski definition) is 9. The Bertz CT molecular complexity index is 1010. The van der Waals surface area contributed by atoms with E-state index in [1.165, 1.54) is 22.7 Å². The van der Waals surface area contributed by atoms with Crippen molar-refractivity contribution >= 4 is 40.4 Å². The van der Waals surface area contributed by atoms with Gasteiger partial charge < -0.3 is 9.47 Å². The van der Waals surface area contributed by atoms with Gasteiger partial charge in [-0.1, -0.05) is 72.4 Å². The zero-order valence-electron chi connectivity index (χ0n) is 21.7. The summed E-state index contributed by atoms with van der Waals surface area (Å²) in [5.74, 6) is -2.72. The molecule has 0 N–H and O–H groups in total. The fourth-order valence-electron chi connectivity index (χ4n) is 4.32. The van der Waals surface area contributed by atoms with Crippen LogP contribution in [0.15, 0.2) is 35.0 Å². The predicted octanol–water partition coefficient (Wildman–Crippen LogP) is 7.61. The molecule has 0 amide bonds. The molecule has 0 bridgehead atoms. The first kappa shape index (κ1) is 28.5. The molecule has 198 valence electrons. The van der Waals surface area contributed by atoms with Crippen molar-refractivity contribution in [1.82, 2.24) is 0 Å². The molecule has 0 aliphatic carbocycles. The molecule has 0 radical (unpaired) electrons. The molecule has 3 heterocycles. The Hall–Kier alpha value is -2.07. The van der Waals surface area contributed by atoms with Gasteiger partial charge in [-0.3, -0.25) is 9.59 Å². The van der Waals surface area contributed by atoms with Crippen molar-refractivity contribution < 1.29 is 33.6 Å². The molecule has 0 aromatic carbocycles. The van der Waals surface area contributed by atoms with Gasteiger partial charge in [-0.05, 0) is 42.2 Å². The average molecular weight is 537 g/mol. The fourth-order valence-corrected chi connectivity index (χ4v) is 5.76. The van der Waals surface area contributed by atoms with Crippen LogP contribution in [0.5, 0.6) is 0 Å². The molecule has 0 spiro atoms. The average Bonchev–Trinajstić information content (AvgIpc) is 3.54. The Morgan fingerprint density at radius 3 is 2.11 bits per heavy atom. The highest BCUT2D eigenvalue weighted by Crippen LogP contribution is 2.44. The lowest BCUT2D eigenvalue weighted by Gasteiger charge is -2.45. The molecule has 3 unspecified atom stereocenters. The number of carbonyl (C=O) groups is 3. The van der Waals surface area contributed by atoms with Crippen LogP contribution in [0.3, 0.4) is 0 Å². The Morgan fingerprint density at radius 2 is 1.61 bits per heavy atom. The molecule has 1 saturated heterocycles. The molecule has 1 aliphatic rings. The first-order chi connectivity index (χ1) is 17.1. The zero-order valence-corrected chi connectivity index (χ0v) is 23.3. The SMILES string of the molecule is CCCCCC(OC(=O)OC1(C(=O)c2cccs2)OOC1CCCC)(C(=O)c1cccs1)C(C)(C)C. The number of thiophene rings is 2. The summed E-state index contributed by atoms with van der Waals surface area (Å²) in [5, 5.41) is 3.58. The van der Waals surface area contributed by atoms with E-state index in [0.717, 1.165) is 25.7 Å². The number of carbonyl (C=O) groups excluding carboxylic acids is 3. The summed E-state index contributed by atoms with van der Waals surface area (Å²) in [6.45, 7) is 9.70. The largest absolute Gasteiger partial charge is 0.512 e. The van der Waals surface area contributed by atoms with E-state index in [9.17, 15) is 14.4 Å². The second-order valence-corrected chi connectivity index (χ2v) is 12.0. The lowest BCUT2D eigenvalue weighted by Crippen LogP contribution is -2.64. The summed E-state index contributed by atoms with van der Waals surface area (Å²) in [6.07, 6.45) is 3.05. The molecule has 3 atom stereocenters. The van der Waals surface area contributed by atoms with Gasteiger partial charge in [0.1, 0.15) is 0 Å². The highest BCUT2D eigenvalue weighted by atomic mass is 32.1. The van der Waals surface area contributed by atoms with Gasteiger partial charge in [0.25, 0.3) is 0 Å². The van der Waals surface area contributed by atoms with Crippen LogP contribution in [0.4, 0.5) is 4.79 Å². The molecule has 7 nitrogen and oxygen atoms in total. The van der Waals surface area contributed by atoms with Gasteiger partial charge in [-0.2, -0.15) is 4.89 Å². The Kier molecular flexibility index (Phi) is 9.49. The van der Waals surface area contributed by atoms with E-state index in [0.29, 0.717) is 29.0 Å². The normalized spacial score (nSPS) is 21.3. The van der Waals surface area contributed by atoms with Crippen LogP contribution in [0, 0.1) is 5.41 Å². The van der Waals surface area contributed by atoms with E-state index >= 15 is 0 Å². The Labute approximate surface area is 221 Å². The first-order valence-electron chi connectivity index (χ1n) is 12.5. The van der Waals surface area contributed by atoms with Crippen molar-refractivity contribution in [3.05, 3.63) is 44.8 Å². The standard InChI is InChI=1S/C27H36O7S2/c1-6-8-10-16-26(25(3,4)5,22(28)19-13-11-17-35-19)31-24(30)32-27(21(33-34-27)15-9-7-2)23(29)20-14-12-18-36-20/h11-14,17-18,21H,6-10,15-16H2,1-5H3. The molecule has 36 heavy (non-hydrogen) atoms. The van der Waals surface area contributed by atoms with E-state index in [4.69, 9.17) is 19.2 Å². The van der Waals surface area contributed by atoms with Crippen LogP contribution in [-0.2, 0) is 19.2 Å². The van der Waals surface area contributed by atoms with Crippen LogP contribution in [-0.4, -0.2) is 35.2 Å². The van der Waals surface area contributed by atoms with Gasteiger partial charge in [-0.15, -0.1) is 22.7 Å². The van der Waals surface area contributed by atoms with Crippen molar-refractivity contribution in [3.63, 3.8) is 0 Å². The Morgan fingerprint density at radius 1 is 0.972 bits per heavy atom. The van der Waals surface area contributed by atoms with E-state index in [-0.39, 0.29) is 5.78 Å². The second kappa shape index (κ2) is 12.0. The minimum absolute atomic E-state index is 0.273. The van der Waals surface area contributed by atoms with E-state index in [1.807, 2.05) is 33.1 Å². The van der Waals surface area contributed by atoms with E-state index < -0.39 is 34.8 Å². The minimum atomic E-state index is -1.95. The summed E-state index contributed by atoms with van der Waals surface area (Å²) >= 11 is 2.53. The van der Waals surface area contributed by atoms with Crippen LogP contribution >= 0.6 is 22.7 Å². The van der Waals surface area contributed by atoms with Crippen molar-refractivity contribution in [2.45, 2.75) is 97.1 Å². The molecule has 9 heteroatoms. The van der Waals surface area contributed by atoms with Gasteiger partial charge in [-0.25, -0.2) is 9.68 Å². The molecule has 2 aromatic heterocycles. The third-order valence-corrected chi connectivity index (χ3v) is 8.28. The minimum Gasteiger partial charge on any atom is -0.419 e. The number of unbranched alkanes of at least 4 members (excludes halogenated alkanes) is 3. The quantitative estimate of drug-likeness (QED) is 0.113. The summed E-state index contributed by atoms with van der Waals surface area (Å²) in [6, 6.07) is 6.91. The van der Waals surface area contributed by atoms with Crippen LogP contribution in [0.1, 0.15) is 98.9 Å². The summed E-state index contributed by atoms with van der Waals surface area (Å²) < 4.78 is 11.7. The lowest BCUT2D eigenvalue weighted by molar-refractivity contribution is -0.541. The van der Waals surface area contributed by atoms with Crippen molar-refractivity contribution in [1.29, 1.82) is 0 Å². The molecular weight excluding hydrogens is 500 g/mol. The fraction of sp³-hybridized carbons (Fsp3) is 0.593. The Balaban J connectivity index is 1.94. The third kappa shape index (κ3) is 5.74. The van der Waals surface area contributed by atoms with Gasteiger partial charge >= 0.3 is 11.9 Å². The smallest absolute Gasteiger partial charge is 0.419 e. The van der Waals surface area contributed by atoms with Crippen molar-refractivity contribution in [2.24, 2.45) is 5.41 Å². The monoisotopic (exact) mass is 536 g/mol. The predicted molar refractivity (Wildman–Crippen MR) is 139 cm³/mol.